The number of hydrogen-bond acceptors (Lipinski definition) is 1. The van der Waals surface area contributed by atoms with E-state index in [1.165, 1.54) is 70.2 Å². The highest BCUT2D eigenvalue weighted by Gasteiger charge is 2.11. The summed E-state index contributed by atoms with van der Waals surface area (Å²) in [6.07, 6.45) is 21.4. The highest BCUT2D eigenvalue weighted by atomic mass is 15.1. The molecule has 1 heterocycles. The van der Waals surface area contributed by atoms with Crippen LogP contribution in [0.5, 0.6) is 0 Å². The predicted octanol–water partition coefficient (Wildman–Crippen LogP) is 4.72. The molecule has 1 nitrogen and oxygen atoms in total. The fourth-order valence-corrected chi connectivity index (χ4v) is 3.01. The van der Waals surface area contributed by atoms with Gasteiger partial charge in [0.25, 0.3) is 0 Å². The Morgan fingerprint density at radius 1 is 0.947 bits per heavy atom. The first-order valence-corrected chi connectivity index (χ1v) is 8.10. The van der Waals surface area contributed by atoms with Gasteiger partial charge >= 0.3 is 0 Å². The Balaban J connectivity index is 1.83. The minimum atomic E-state index is 0.594. The van der Waals surface area contributed by atoms with Gasteiger partial charge in [0.05, 0.1) is 0 Å². The van der Waals surface area contributed by atoms with Crippen LogP contribution in [0.4, 0.5) is 0 Å². The fraction of sp³-hybridized carbons (Fsp3) is 0.667. The van der Waals surface area contributed by atoms with Crippen molar-refractivity contribution in [1.29, 1.82) is 0 Å². The molecular weight excluding hydrogens is 230 g/mol. The van der Waals surface area contributed by atoms with Crippen LogP contribution in [0, 0.1) is 5.92 Å². The van der Waals surface area contributed by atoms with Crippen LogP contribution in [0.15, 0.2) is 36.0 Å². The second kappa shape index (κ2) is 8.37. The maximum Gasteiger partial charge on any atom is 0.00805 e. The van der Waals surface area contributed by atoms with Crippen molar-refractivity contribution in [3.05, 3.63) is 36.0 Å². The quantitative estimate of drug-likeness (QED) is 0.693. The SMILES string of the molecule is CC1=CC=CC(CN2CCCCCCCCC2)C=C1. The topological polar surface area (TPSA) is 3.24 Å². The maximum absolute atomic E-state index is 2.69. The lowest BCUT2D eigenvalue weighted by Crippen LogP contribution is -2.30. The van der Waals surface area contributed by atoms with Crippen molar-refractivity contribution < 1.29 is 0 Å². The summed E-state index contributed by atoms with van der Waals surface area (Å²) in [6, 6.07) is 0. The smallest absolute Gasteiger partial charge is 0.00805 e. The van der Waals surface area contributed by atoms with Gasteiger partial charge in [0.2, 0.25) is 0 Å². The third-order valence-electron chi connectivity index (χ3n) is 4.24. The molecule has 2 aliphatic rings. The summed E-state index contributed by atoms with van der Waals surface area (Å²) < 4.78 is 0. The molecule has 1 heteroatoms. The van der Waals surface area contributed by atoms with Crippen molar-refractivity contribution in [2.24, 2.45) is 5.92 Å². The molecule has 0 aromatic carbocycles. The molecule has 0 spiro atoms. The van der Waals surface area contributed by atoms with E-state index in [-0.39, 0.29) is 0 Å². The van der Waals surface area contributed by atoms with E-state index in [2.05, 4.69) is 42.2 Å². The summed E-state index contributed by atoms with van der Waals surface area (Å²) in [6.45, 7) is 5.97. The Morgan fingerprint density at radius 3 is 2.26 bits per heavy atom. The summed E-state index contributed by atoms with van der Waals surface area (Å²) in [7, 11) is 0. The molecule has 0 radical (unpaired) electrons. The minimum Gasteiger partial charge on any atom is -0.302 e. The molecule has 0 aromatic heterocycles. The Bertz CT molecular complexity index is 328. The van der Waals surface area contributed by atoms with Gasteiger partial charge in [0.1, 0.15) is 0 Å². The van der Waals surface area contributed by atoms with Gasteiger partial charge in [-0.3, -0.25) is 0 Å². The van der Waals surface area contributed by atoms with Crippen molar-refractivity contribution in [2.45, 2.75) is 51.9 Å². The molecule has 0 saturated carbocycles. The number of nitrogens with zero attached hydrogens (tertiary/aromatic N) is 1. The highest BCUT2D eigenvalue weighted by molar-refractivity contribution is 5.27. The number of allylic oxidation sites excluding steroid dienone is 4. The van der Waals surface area contributed by atoms with Crippen molar-refractivity contribution in [3.63, 3.8) is 0 Å². The molecule has 1 aliphatic carbocycles. The highest BCUT2D eigenvalue weighted by Crippen LogP contribution is 2.15. The lowest BCUT2D eigenvalue weighted by molar-refractivity contribution is 0.244. The summed E-state index contributed by atoms with van der Waals surface area (Å²) in [5, 5.41) is 0. The molecule has 0 N–H and O–H groups in total. The van der Waals surface area contributed by atoms with E-state index in [1.807, 2.05) is 0 Å². The molecular formula is C18H29N. The maximum atomic E-state index is 2.69. The third-order valence-corrected chi connectivity index (χ3v) is 4.24. The van der Waals surface area contributed by atoms with Crippen LogP contribution in [0.2, 0.25) is 0 Å². The van der Waals surface area contributed by atoms with Gasteiger partial charge < -0.3 is 4.90 Å². The van der Waals surface area contributed by atoms with Gasteiger partial charge in [-0.05, 0) is 32.9 Å². The van der Waals surface area contributed by atoms with Crippen LogP contribution in [0.25, 0.3) is 0 Å². The molecule has 1 saturated heterocycles. The Kier molecular flexibility index (Phi) is 6.43. The van der Waals surface area contributed by atoms with E-state index >= 15 is 0 Å². The number of rotatable bonds is 2. The van der Waals surface area contributed by atoms with E-state index in [1.54, 1.807) is 0 Å². The van der Waals surface area contributed by atoms with Crippen molar-refractivity contribution in [2.75, 3.05) is 19.6 Å². The Morgan fingerprint density at radius 2 is 1.58 bits per heavy atom. The second-order valence-corrected chi connectivity index (χ2v) is 6.09. The first-order valence-electron chi connectivity index (χ1n) is 8.10. The Labute approximate surface area is 119 Å². The summed E-state index contributed by atoms with van der Waals surface area (Å²) in [5.74, 6) is 0.594. The van der Waals surface area contributed by atoms with Gasteiger partial charge in [-0.15, -0.1) is 0 Å². The van der Waals surface area contributed by atoms with E-state index in [0.717, 1.165) is 0 Å². The first-order chi connectivity index (χ1) is 9.34. The largest absolute Gasteiger partial charge is 0.302 e. The summed E-state index contributed by atoms with van der Waals surface area (Å²) in [5.41, 5.74) is 1.36. The van der Waals surface area contributed by atoms with Crippen LogP contribution in [-0.2, 0) is 0 Å². The molecule has 106 valence electrons. The predicted molar refractivity (Wildman–Crippen MR) is 84.3 cm³/mol. The van der Waals surface area contributed by atoms with Gasteiger partial charge in [0.15, 0.2) is 0 Å². The average molecular weight is 259 g/mol. The van der Waals surface area contributed by atoms with Crippen molar-refractivity contribution >= 4 is 0 Å². The minimum absolute atomic E-state index is 0.594. The van der Waals surface area contributed by atoms with E-state index in [4.69, 9.17) is 0 Å². The normalized spacial score (nSPS) is 26.8. The van der Waals surface area contributed by atoms with Crippen molar-refractivity contribution in [3.8, 4) is 0 Å². The third kappa shape index (κ3) is 5.78. The van der Waals surface area contributed by atoms with Gasteiger partial charge in [-0.2, -0.15) is 0 Å². The monoisotopic (exact) mass is 259 g/mol. The van der Waals surface area contributed by atoms with E-state index in [0.29, 0.717) is 5.92 Å². The molecule has 0 aromatic rings. The van der Waals surface area contributed by atoms with Crippen LogP contribution in [0.3, 0.4) is 0 Å². The standard InChI is InChI=1S/C18H29N/c1-17-10-9-11-18(13-12-17)16-19-14-7-5-3-2-4-6-8-15-19/h9-13,18H,2-8,14-16H2,1H3. The van der Waals surface area contributed by atoms with E-state index in [9.17, 15) is 0 Å². The van der Waals surface area contributed by atoms with Crippen molar-refractivity contribution in [1.82, 2.24) is 4.90 Å². The van der Waals surface area contributed by atoms with Gasteiger partial charge in [-0.25, -0.2) is 0 Å². The molecule has 0 amide bonds. The van der Waals surface area contributed by atoms with Crippen LogP contribution in [0.1, 0.15) is 51.9 Å². The molecule has 1 fully saturated rings. The van der Waals surface area contributed by atoms with Crippen LogP contribution < -0.4 is 0 Å². The molecule has 2 rings (SSSR count). The second-order valence-electron chi connectivity index (χ2n) is 6.09. The molecule has 1 atom stereocenters. The van der Waals surface area contributed by atoms with Gasteiger partial charge in [0, 0.05) is 12.5 Å². The lowest BCUT2D eigenvalue weighted by atomic mass is 10.0. The molecule has 1 unspecified atom stereocenters. The van der Waals surface area contributed by atoms with Gasteiger partial charge in [-0.1, -0.05) is 68.1 Å². The Hall–Kier alpha value is -0.820. The summed E-state index contributed by atoms with van der Waals surface area (Å²) in [4.78, 5) is 2.69. The van der Waals surface area contributed by atoms with E-state index < -0.39 is 0 Å². The average Bonchev–Trinajstić information content (AvgIpc) is 2.62. The zero-order valence-corrected chi connectivity index (χ0v) is 12.5. The van der Waals surface area contributed by atoms with Crippen LogP contribution in [-0.4, -0.2) is 24.5 Å². The lowest BCUT2D eigenvalue weighted by Gasteiger charge is -2.25. The first kappa shape index (κ1) is 14.6. The number of hydrogen-bond donors (Lipinski definition) is 0. The zero-order chi connectivity index (χ0) is 13.3. The molecule has 19 heavy (non-hydrogen) atoms. The summed E-state index contributed by atoms with van der Waals surface area (Å²) >= 11 is 0. The molecule has 0 bridgehead atoms. The fourth-order valence-electron chi connectivity index (χ4n) is 3.01. The zero-order valence-electron chi connectivity index (χ0n) is 12.5. The molecule has 1 aliphatic heterocycles. The van der Waals surface area contributed by atoms with Crippen LogP contribution >= 0.6 is 0 Å².